The van der Waals surface area contributed by atoms with Crippen LogP contribution in [0.1, 0.15) is 82.1 Å². The van der Waals surface area contributed by atoms with Crippen molar-refractivity contribution >= 4 is 28.4 Å². The Morgan fingerprint density at radius 3 is 1.21 bits per heavy atom. The monoisotopic (exact) mass is 692 g/mol. The van der Waals surface area contributed by atoms with Crippen LogP contribution in [0.25, 0.3) is 0 Å². The lowest BCUT2D eigenvalue weighted by Crippen LogP contribution is -2.27. The molecule has 0 saturated carbocycles. The van der Waals surface area contributed by atoms with Gasteiger partial charge in [-0.1, -0.05) is 143 Å². The van der Waals surface area contributed by atoms with E-state index in [-0.39, 0.29) is 10.8 Å². The summed E-state index contributed by atoms with van der Waals surface area (Å²) in [7, 11) is 0. The highest BCUT2D eigenvalue weighted by Crippen LogP contribution is 2.43. The lowest BCUT2D eigenvalue weighted by molar-refractivity contribution is 0.477. The summed E-state index contributed by atoms with van der Waals surface area (Å²) in [6.45, 7) is 9.38. The van der Waals surface area contributed by atoms with Gasteiger partial charge in [0.05, 0.1) is 0 Å². The third-order valence-electron chi connectivity index (χ3n) is 11.7. The molecule has 0 aliphatic heterocycles. The summed E-state index contributed by atoms with van der Waals surface area (Å²) in [6.07, 6.45) is 12.1. The van der Waals surface area contributed by atoms with Crippen molar-refractivity contribution in [3.63, 3.8) is 0 Å². The zero-order valence-electron chi connectivity index (χ0n) is 31.8. The number of allylic oxidation sites excluding steroid dienone is 3. The van der Waals surface area contributed by atoms with Gasteiger partial charge in [-0.3, -0.25) is 0 Å². The van der Waals surface area contributed by atoms with E-state index in [1.165, 1.54) is 39.3 Å². The Bertz CT molecular complexity index is 2070. The molecule has 0 bridgehead atoms. The summed E-state index contributed by atoms with van der Waals surface area (Å²) in [5, 5.41) is 0. The van der Waals surface area contributed by atoms with Crippen molar-refractivity contribution in [3.05, 3.63) is 210 Å². The number of nitrogens with zero attached hydrogens (tertiary/aromatic N) is 2. The van der Waals surface area contributed by atoms with Crippen LogP contribution in [0.5, 0.6) is 0 Å². The second-order valence-corrected chi connectivity index (χ2v) is 14.4. The molecule has 1 unspecified atom stereocenters. The number of hydrogen-bond acceptors (Lipinski definition) is 2. The molecule has 1 aliphatic carbocycles. The maximum atomic E-state index is 2.40. The fourth-order valence-corrected chi connectivity index (χ4v) is 8.26. The molecule has 0 saturated heterocycles. The first-order valence-electron chi connectivity index (χ1n) is 19.4. The largest absolute Gasteiger partial charge is 0.311 e. The van der Waals surface area contributed by atoms with Gasteiger partial charge in [0.25, 0.3) is 0 Å². The molecule has 7 rings (SSSR count). The van der Waals surface area contributed by atoms with Gasteiger partial charge < -0.3 is 9.80 Å². The molecule has 6 aromatic carbocycles. The van der Waals surface area contributed by atoms with E-state index in [0.717, 1.165) is 49.2 Å². The molecule has 0 radical (unpaired) electrons. The molecule has 2 heteroatoms. The van der Waals surface area contributed by atoms with Gasteiger partial charge in [-0.15, -0.1) is 0 Å². The molecule has 266 valence electrons. The molecule has 2 nitrogen and oxygen atoms in total. The van der Waals surface area contributed by atoms with Crippen LogP contribution in [0.2, 0.25) is 0 Å². The molecular formula is C51H52N2. The first-order valence-corrected chi connectivity index (χ1v) is 19.4. The van der Waals surface area contributed by atoms with Crippen LogP contribution in [0.4, 0.5) is 28.4 Å². The van der Waals surface area contributed by atoms with E-state index >= 15 is 0 Å². The highest BCUT2D eigenvalue weighted by Gasteiger charge is 2.33. The fraction of sp³-hybridized carbons (Fsp3) is 0.216. The van der Waals surface area contributed by atoms with Crippen molar-refractivity contribution in [3.8, 4) is 0 Å². The molecule has 1 aliphatic rings. The standard InChI is InChI=1S/C51H52N2/c1-5-50(4,41-32-36-48(37-33-41)52(44-20-12-8-13-21-44)45-22-14-9-15-23-45)40-28-30-42(31-29-40)51(6-2,7-3)43-34-38-49(39-35-43)53(46-24-16-10-17-25-46)47-26-18-11-19-27-47/h8-10,12-18,20-39H,5-7,11,19H2,1-4H3. The molecular weight excluding hydrogens is 641 g/mol. The van der Waals surface area contributed by atoms with Crippen molar-refractivity contribution in [1.82, 2.24) is 0 Å². The lowest BCUT2D eigenvalue weighted by Gasteiger charge is -2.35. The summed E-state index contributed by atoms with van der Waals surface area (Å²) >= 11 is 0. The molecule has 0 amide bonds. The van der Waals surface area contributed by atoms with E-state index in [1.807, 2.05) is 0 Å². The van der Waals surface area contributed by atoms with Crippen molar-refractivity contribution in [2.75, 3.05) is 9.80 Å². The molecule has 0 spiro atoms. The van der Waals surface area contributed by atoms with Crippen LogP contribution in [0, 0.1) is 0 Å². The summed E-state index contributed by atoms with van der Waals surface area (Å²) < 4.78 is 0. The minimum absolute atomic E-state index is 0.0682. The molecule has 6 aromatic rings. The average molecular weight is 693 g/mol. The Kier molecular flexibility index (Phi) is 10.8. The van der Waals surface area contributed by atoms with Gasteiger partial charge in [-0.25, -0.2) is 0 Å². The van der Waals surface area contributed by atoms with Crippen LogP contribution in [-0.2, 0) is 10.8 Å². The molecule has 1 atom stereocenters. The van der Waals surface area contributed by atoms with Crippen molar-refractivity contribution < 1.29 is 0 Å². The fourth-order valence-electron chi connectivity index (χ4n) is 8.26. The normalized spacial score (nSPS) is 13.9. The third kappa shape index (κ3) is 7.11. The van der Waals surface area contributed by atoms with E-state index in [1.54, 1.807) is 0 Å². The Morgan fingerprint density at radius 1 is 0.415 bits per heavy atom. The van der Waals surface area contributed by atoms with Gasteiger partial charge in [0.2, 0.25) is 0 Å². The van der Waals surface area contributed by atoms with Crippen LogP contribution < -0.4 is 9.80 Å². The number of para-hydroxylation sites is 3. The number of anilines is 5. The number of benzene rings is 6. The predicted molar refractivity (Wildman–Crippen MR) is 227 cm³/mol. The van der Waals surface area contributed by atoms with E-state index in [4.69, 9.17) is 0 Å². The quantitative estimate of drug-likeness (QED) is 0.119. The minimum atomic E-state index is -0.118. The summed E-state index contributed by atoms with van der Waals surface area (Å²) in [6, 6.07) is 60.1. The zero-order valence-corrected chi connectivity index (χ0v) is 31.8. The van der Waals surface area contributed by atoms with Crippen LogP contribution >= 0.6 is 0 Å². The van der Waals surface area contributed by atoms with Gasteiger partial charge in [0.1, 0.15) is 0 Å². The van der Waals surface area contributed by atoms with Gasteiger partial charge >= 0.3 is 0 Å². The van der Waals surface area contributed by atoms with Gasteiger partial charge in [-0.05, 0) is 121 Å². The Morgan fingerprint density at radius 2 is 0.792 bits per heavy atom. The minimum Gasteiger partial charge on any atom is -0.311 e. The Labute approximate surface area is 317 Å². The first-order chi connectivity index (χ1) is 26.0. The van der Waals surface area contributed by atoms with Crippen molar-refractivity contribution in [1.29, 1.82) is 0 Å². The molecule has 0 heterocycles. The van der Waals surface area contributed by atoms with E-state index in [2.05, 4.69) is 220 Å². The predicted octanol–water partition coefficient (Wildman–Crippen LogP) is 14.4. The van der Waals surface area contributed by atoms with E-state index < -0.39 is 0 Å². The maximum Gasteiger partial charge on any atom is 0.0461 e. The first kappa shape index (κ1) is 35.8. The molecule has 0 fully saturated rings. The third-order valence-corrected chi connectivity index (χ3v) is 11.7. The smallest absolute Gasteiger partial charge is 0.0461 e. The van der Waals surface area contributed by atoms with Crippen LogP contribution in [-0.4, -0.2) is 0 Å². The van der Waals surface area contributed by atoms with Gasteiger partial charge in [0, 0.05) is 45.0 Å². The summed E-state index contributed by atoms with van der Waals surface area (Å²) in [5.74, 6) is 0. The lowest BCUT2D eigenvalue weighted by atomic mass is 9.69. The van der Waals surface area contributed by atoms with Crippen molar-refractivity contribution in [2.45, 2.75) is 70.6 Å². The summed E-state index contributed by atoms with van der Waals surface area (Å²) in [5.41, 5.74) is 12.3. The topological polar surface area (TPSA) is 6.48 Å². The number of rotatable bonds is 13. The van der Waals surface area contributed by atoms with Gasteiger partial charge in [0.15, 0.2) is 0 Å². The maximum absolute atomic E-state index is 2.40. The van der Waals surface area contributed by atoms with Crippen LogP contribution in [0.3, 0.4) is 0 Å². The van der Waals surface area contributed by atoms with E-state index in [0.29, 0.717) is 0 Å². The van der Waals surface area contributed by atoms with Crippen molar-refractivity contribution in [2.24, 2.45) is 0 Å². The molecule has 0 N–H and O–H groups in total. The summed E-state index contributed by atoms with van der Waals surface area (Å²) in [4.78, 5) is 4.71. The Hall–Kier alpha value is -5.60. The van der Waals surface area contributed by atoms with E-state index in [9.17, 15) is 0 Å². The highest BCUT2D eigenvalue weighted by molar-refractivity contribution is 5.76. The second-order valence-electron chi connectivity index (χ2n) is 14.4. The highest BCUT2D eigenvalue weighted by atomic mass is 15.1. The molecule has 53 heavy (non-hydrogen) atoms. The molecule has 0 aromatic heterocycles. The number of hydrogen-bond donors (Lipinski definition) is 0. The average Bonchev–Trinajstić information content (AvgIpc) is 3.24. The second kappa shape index (κ2) is 16.0. The Balaban J connectivity index is 1.17. The van der Waals surface area contributed by atoms with Gasteiger partial charge in [-0.2, -0.15) is 0 Å². The van der Waals surface area contributed by atoms with Crippen LogP contribution in [0.15, 0.2) is 188 Å². The SMILES string of the molecule is CCC(C)(c1ccc(N(c2ccccc2)c2ccccc2)cc1)c1ccc(C(CC)(CC)c2ccc(N(C3=CCCC=C3)c3ccccc3)cc2)cc1. The zero-order chi connectivity index (χ0) is 36.7.